The van der Waals surface area contributed by atoms with Crippen LogP contribution in [0, 0.1) is 0 Å². The summed E-state index contributed by atoms with van der Waals surface area (Å²) in [4.78, 5) is 4.44. The first kappa shape index (κ1) is 13.0. The lowest BCUT2D eigenvalue weighted by Gasteiger charge is -2.14. The van der Waals surface area contributed by atoms with Gasteiger partial charge >= 0.3 is 0 Å². The van der Waals surface area contributed by atoms with E-state index < -0.39 is 0 Å². The highest BCUT2D eigenvalue weighted by Crippen LogP contribution is 2.15. The van der Waals surface area contributed by atoms with E-state index >= 15 is 0 Å². The Balaban J connectivity index is 2.03. The fraction of sp³-hybridized carbons (Fsp3) is 0.400. The molecule has 2 aromatic rings. The number of nitrogens with one attached hydrogen (secondary N) is 1. The molecule has 3 nitrogen and oxygen atoms in total. The number of fused-ring (bicyclic) bond motifs is 1. The fourth-order valence-corrected chi connectivity index (χ4v) is 2.09. The summed E-state index contributed by atoms with van der Waals surface area (Å²) in [6, 6.07) is 10.7. The van der Waals surface area contributed by atoms with Gasteiger partial charge in [0, 0.05) is 30.8 Å². The molecule has 0 bridgehead atoms. The third-order valence-electron chi connectivity index (χ3n) is 3.15. The van der Waals surface area contributed by atoms with Gasteiger partial charge in [-0.1, -0.05) is 24.3 Å². The quantitative estimate of drug-likeness (QED) is 0.820. The summed E-state index contributed by atoms with van der Waals surface area (Å²) in [5.74, 6) is 0. The Morgan fingerprint density at radius 1 is 1.28 bits per heavy atom. The Bertz CT molecular complexity index is 493. The number of aliphatic hydroxyl groups excluding tert-OH is 1. The minimum Gasteiger partial charge on any atom is -0.396 e. The Kier molecular flexibility index (Phi) is 4.67. The molecule has 0 aliphatic carbocycles. The van der Waals surface area contributed by atoms with Crippen molar-refractivity contribution in [2.75, 3.05) is 6.61 Å². The zero-order chi connectivity index (χ0) is 12.8. The van der Waals surface area contributed by atoms with Crippen molar-refractivity contribution in [2.45, 2.75) is 32.4 Å². The normalized spacial score (nSPS) is 12.8. The number of hydrogen-bond acceptors (Lipinski definition) is 3. The van der Waals surface area contributed by atoms with Gasteiger partial charge in [-0.25, -0.2) is 0 Å². The van der Waals surface area contributed by atoms with Gasteiger partial charge in [0.25, 0.3) is 0 Å². The van der Waals surface area contributed by atoms with Gasteiger partial charge in [-0.15, -0.1) is 0 Å². The van der Waals surface area contributed by atoms with E-state index in [0.717, 1.165) is 24.9 Å². The smallest absolute Gasteiger partial charge is 0.0746 e. The van der Waals surface area contributed by atoms with E-state index in [9.17, 15) is 0 Å². The van der Waals surface area contributed by atoms with Crippen LogP contribution >= 0.6 is 0 Å². The molecule has 0 fully saturated rings. The molecular weight excluding hydrogens is 224 g/mol. The summed E-state index contributed by atoms with van der Waals surface area (Å²) < 4.78 is 0. The average Bonchev–Trinajstić information content (AvgIpc) is 2.42. The van der Waals surface area contributed by atoms with Crippen LogP contribution in [0.3, 0.4) is 0 Å². The van der Waals surface area contributed by atoms with Crippen molar-refractivity contribution in [3.63, 3.8) is 0 Å². The fourth-order valence-electron chi connectivity index (χ4n) is 2.09. The topological polar surface area (TPSA) is 45.1 Å². The Hall–Kier alpha value is -1.45. The predicted octanol–water partition coefficient (Wildman–Crippen LogP) is 2.49. The molecule has 1 aromatic heterocycles. The molecule has 0 aliphatic rings. The van der Waals surface area contributed by atoms with E-state index in [2.05, 4.69) is 41.5 Å². The first-order valence-electron chi connectivity index (χ1n) is 6.48. The number of nitrogens with zero attached hydrogens (tertiary/aromatic N) is 1. The van der Waals surface area contributed by atoms with Crippen LogP contribution in [0.2, 0.25) is 0 Å². The lowest BCUT2D eigenvalue weighted by molar-refractivity contribution is 0.276. The number of rotatable bonds is 6. The highest BCUT2D eigenvalue weighted by molar-refractivity contribution is 5.81. The van der Waals surface area contributed by atoms with Crippen molar-refractivity contribution in [1.29, 1.82) is 0 Å². The summed E-state index contributed by atoms with van der Waals surface area (Å²) in [5.41, 5.74) is 2.30. The number of para-hydroxylation sites is 1. The van der Waals surface area contributed by atoms with Crippen LogP contribution in [-0.4, -0.2) is 22.7 Å². The van der Waals surface area contributed by atoms with E-state index in [-0.39, 0.29) is 6.61 Å². The van der Waals surface area contributed by atoms with Gasteiger partial charge in [0.05, 0.1) is 5.52 Å². The third kappa shape index (κ3) is 3.28. The Morgan fingerprint density at radius 2 is 2.11 bits per heavy atom. The second kappa shape index (κ2) is 6.47. The molecule has 1 atom stereocenters. The summed E-state index contributed by atoms with van der Waals surface area (Å²) in [7, 11) is 0. The molecule has 2 N–H and O–H groups in total. The lowest BCUT2D eigenvalue weighted by atomic mass is 10.1. The van der Waals surface area contributed by atoms with E-state index in [1.54, 1.807) is 0 Å². The first-order chi connectivity index (χ1) is 8.81. The highest BCUT2D eigenvalue weighted by Gasteiger charge is 2.04. The van der Waals surface area contributed by atoms with Crippen molar-refractivity contribution in [2.24, 2.45) is 0 Å². The molecule has 18 heavy (non-hydrogen) atoms. The molecule has 0 saturated heterocycles. The zero-order valence-electron chi connectivity index (χ0n) is 10.8. The maximum absolute atomic E-state index is 8.80. The van der Waals surface area contributed by atoms with Crippen LogP contribution < -0.4 is 5.32 Å². The molecule has 2 rings (SSSR count). The van der Waals surface area contributed by atoms with Crippen LogP contribution in [-0.2, 0) is 6.54 Å². The van der Waals surface area contributed by atoms with Crippen LogP contribution in [0.4, 0.5) is 0 Å². The molecule has 0 spiro atoms. The van der Waals surface area contributed by atoms with Gasteiger partial charge < -0.3 is 10.4 Å². The van der Waals surface area contributed by atoms with Gasteiger partial charge in [0.1, 0.15) is 0 Å². The van der Waals surface area contributed by atoms with Gasteiger partial charge in [-0.05, 0) is 31.4 Å². The Labute approximate surface area is 108 Å². The summed E-state index contributed by atoms with van der Waals surface area (Å²) >= 11 is 0. The maximum atomic E-state index is 8.80. The van der Waals surface area contributed by atoms with E-state index in [4.69, 9.17) is 5.11 Å². The van der Waals surface area contributed by atoms with Crippen molar-refractivity contribution in [3.05, 3.63) is 42.1 Å². The molecular formula is C15H20N2O. The van der Waals surface area contributed by atoms with Crippen LogP contribution in [0.1, 0.15) is 25.3 Å². The number of benzene rings is 1. The molecule has 1 aromatic carbocycles. The zero-order valence-corrected chi connectivity index (χ0v) is 10.8. The average molecular weight is 244 g/mol. The minimum absolute atomic E-state index is 0.266. The number of hydrogen-bond donors (Lipinski definition) is 2. The van der Waals surface area contributed by atoms with Crippen LogP contribution in [0.5, 0.6) is 0 Å². The molecule has 3 heteroatoms. The SMILES string of the molecule is CC(CCCO)NCc1cccc2cccnc12. The van der Waals surface area contributed by atoms with Crippen LogP contribution in [0.15, 0.2) is 36.5 Å². The number of aliphatic hydroxyl groups is 1. The van der Waals surface area contributed by atoms with E-state index in [0.29, 0.717) is 6.04 Å². The summed E-state index contributed by atoms with van der Waals surface area (Å²) in [6.45, 7) is 3.23. The molecule has 1 heterocycles. The van der Waals surface area contributed by atoms with Gasteiger partial charge in [0.15, 0.2) is 0 Å². The Morgan fingerprint density at radius 3 is 2.94 bits per heavy atom. The first-order valence-corrected chi connectivity index (χ1v) is 6.48. The second-order valence-corrected chi connectivity index (χ2v) is 4.64. The second-order valence-electron chi connectivity index (χ2n) is 4.64. The molecule has 0 radical (unpaired) electrons. The van der Waals surface area contributed by atoms with Gasteiger partial charge in [-0.2, -0.15) is 0 Å². The molecule has 0 saturated carbocycles. The molecule has 0 amide bonds. The van der Waals surface area contributed by atoms with Crippen molar-refractivity contribution in [3.8, 4) is 0 Å². The lowest BCUT2D eigenvalue weighted by Crippen LogP contribution is -2.25. The largest absolute Gasteiger partial charge is 0.396 e. The summed E-state index contributed by atoms with van der Waals surface area (Å²) in [6.07, 6.45) is 3.68. The third-order valence-corrected chi connectivity index (χ3v) is 3.15. The van der Waals surface area contributed by atoms with Crippen LogP contribution in [0.25, 0.3) is 10.9 Å². The highest BCUT2D eigenvalue weighted by atomic mass is 16.2. The van der Waals surface area contributed by atoms with Gasteiger partial charge in [0.2, 0.25) is 0 Å². The van der Waals surface area contributed by atoms with Crippen molar-refractivity contribution >= 4 is 10.9 Å². The van der Waals surface area contributed by atoms with Crippen molar-refractivity contribution in [1.82, 2.24) is 10.3 Å². The summed E-state index contributed by atoms with van der Waals surface area (Å²) in [5, 5.41) is 13.5. The standard InChI is InChI=1S/C15H20N2O/c1-12(5-4-10-18)17-11-14-7-2-6-13-8-3-9-16-15(13)14/h2-3,6-9,12,17-18H,4-5,10-11H2,1H3. The monoisotopic (exact) mass is 244 g/mol. The van der Waals surface area contributed by atoms with Crippen molar-refractivity contribution < 1.29 is 5.11 Å². The minimum atomic E-state index is 0.266. The number of pyridine rings is 1. The van der Waals surface area contributed by atoms with E-state index in [1.807, 2.05) is 12.3 Å². The van der Waals surface area contributed by atoms with E-state index in [1.165, 1.54) is 10.9 Å². The predicted molar refractivity (Wildman–Crippen MR) is 74.4 cm³/mol. The number of aromatic nitrogens is 1. The van der Waals surface area contributed by atoms with Gasteiger partial charge in [-0.3, -0.25) is 4.98 Å². The molecule has 96 valence electrons. The molecule has 1 unspecified atom stereocenters. The maximum Gasteiger partial charge on any atom is 0.0746 e. The molecule has 0 aliphatic heterocycles.